The summed E-state index contributed by atoms with van der Waals surface area (Å²) < 4.78 is 14.9. The molecule has 0 unspecified atom stereocenters. The van der Waals surface area contributed by atoms with Crippen LogP contribution in [0.25, 0.3) is 11.8 Å². The van der Waals surface area contributed by atoms with Crippen LogP contribution in [0.5, 0.6) is 5.75 Å². The molecule has 0 saturated carbocycles. The lowest BCUT2D eigenvalue weighted by atomic mass is 9.91. The number of thiazole rings is 1. The maximum atomic E-state index is 14.3. The Morgan fingerprint density at radius 1 is 0.957 bits per heavy atom. The number of carbonyl (C=O) groups is 1. The second-order valence-corrected chi connectivity index (χ2v) is 13.1. The molecule has 46 heavy (non-hydrogen) atoms. The van der Waals surface area contributed by atoms with E-state index in [0.717, 1.165) is 26.7 Å². The molecule has 0 radical (unpaired) electrons. The van der Waals surface area contributed by atoms with Crippen molar-refractivity contribution >= 4 is 45.0 Å². The quantitative estimate of drug-likeness (QED) is 0.151. The zero-order valence-corrected chi connectivity index (χ0v) is 28.2. The van der Waals surface area contributed by atoms with Gasteiger partial charge in [0.05, 0.1) is 28.5 Å². The van der Waals surface area contributed by atoms with Gasteiger partial charge in [0.1, 0.15) is 12.4 Å². The highest BCUT2D eigenvalue weighted by Gasteiger charge is 2.35. The van der Waals surface area contributed by atoms with Crippen molar-refractivity contribution in [2.45, 2.75) is 39.3 Å². The van der Waals surface area contributed by atoms with Crippen LogP contribution < -0.4 is 19.6 Å². The highest BCUT2D eigenvalue weighted by Crippen LogP contribution is 2.35. The van der Waals surface area contributed by atoms with Gasteiger partial charge in [-0.3, -0.25) is 9.36 Å². The van der Waals surface area contributed by atoms with Crippen LogP contribution in [0, 0.1) is 0 Å². The Hall–Kier alpha value is -4.53. The van der Waals surface area contributed by atoms with Crippen LogP contribution in [0.1, 0.15) is 60.5 Å². The van der Waals surface area contributed by atoms with Crippen LogP contribution in [0.3, 0.4) is 0 Å². The van der Waals surface area contributed by atoms with E-state index in [2.05, 4.69) is 41.9 Å². The van der Waals surface area contributed by atoms with E-state index in [1.54, 1.807) is 11.5 Å². The fraction of sp³-hybridized carbons (Fsp3) is 0.184. The molecule has 1 aliphatic heterocycles. The number of rotatable bonds is 9. The van der Waals surface area contributed by atoms with Crippen molar-refractivity contribution in [1.29, 1.82) is 0 Å². The Balaban J connectivity index is 1.52. The summed E-state index contributed by atoms with van der Waals surface area (Å²) >= 11 is 4.77. The minimum Gasteiger partial charge on any atom is -0.488 e. The van der Waals surface area contributed by atoms with E-state index in [4.69, 9.17) is 14.5 Å². The van der Waals surface area contributed by atoms with Crippen molar-refractivity contribution in [2.75, 3.05) is 6.61 Å². The smallest absolute Gasteiger partial charge is 0.338 e. The van der Waals surface area contributed by atoms with E-state index in [1.165, 1.54) is 16.9 Å². The number of nitrogens with zero attached hydrogens (tertiary/aromatic N) is 2. The number of benzene rings is 4. The standard InChI is InChI=1S/C38H33BrN2O4S/c1-4-44-37(43)33-34(27-10-6-5-7-11-27)40-38-41(35(33)28-18-16-26(17-19-28)24(2)3)36(42)32(46-38)22-29-12-8-9-13-31(29)45-23-25-14-20-30(39)21-15-25/h5-22,24,35H,4,23H2,1-3H3/b32-22-/t35-/m1/s1. The normalized spacial score (nSPS) is 14.6. The van der Waals surface area contributed by atoms with Crippen LogP contribution in [0.15, 0.2) is 123 Å². The number of carbonyl (C=O) groups excluding carboxylic acids is 1. The van der Waals surface area contributed by atoms with E-state index in [9.17, 15) is 9.59 Å². The van der Waals surface area contributed by atoms with Gasteiger partial charge in [0.25, 0.3) is 5.56 Å². The molecule has 232 valence electrons. The first kappa shape index (κ1) is 31.5. The van der Waals surface area contributed by atoms with Gasteiger partial charge in [0.2, 0.25) is 0 Å². The Kier molecular flexibility index (Phi) is 9.47. The third kappa shape index (κ3) is 6.55. The molecule has 1 aliphatic rings. The molecule has 6 nitrogen and oxygen atoms in total. The molecule has 2 heterocycles. The minimum absolute atomic E-state index is 0.199. The zero-order chi connectivity index (χ0) is 32.2. The lowest BCUT2D eigenvalue weighted by Crippen LogP contribution is -2.40. The number of fused-ring (bicyclic) bond motifs is 1. The molecule has 0 N–H and O–H groups in total. The van der Waals surface area contributed by atoms with Gasteiger partial charge in [-0.1, -0.05) is 126 Å². The van der Waals surface area contributed by atoms with Crippen LogP contribution in [-0.2, 0) is 16.1 Å². The Morgan fingerprint density at radius 3 is 2.35 bits per heavy atom. The van der Waals surface area contributed by atoms with Crippen LogP contribution >= 0.6 is 27.3 Å². The van der Waals surface area contributed by atoms with E-state index in [0.29, 0.717) is 38.9 Å². The van der Waals surface area contributed by atoms with E-state index in [-0.39, 0.29) is 12.2 Å². The Morgan fingerprint density at radius 2 is 1.65 bits per heavy atom. The summed E-state index contributed by atoms with van der Waals surface area (Å²) in [5.41, 5.74) is 5.15. The van der Waals surface area contributed by atoms with Gasteiger partial charge in [-0.2, -0.15) is 0 Å². The van der Waals surface area contributed by atoms with Gasteiger partial charge in [0.15, 0.2) is 4.80 Å². The molecule has 1 aromatic heterocycles. The maximum absolute atomic E-state index is 14.3. The molecule has 5 aromatic rings. The summed E-state index contributed by atoms with van der Waals surface area (Å²) in [4.78, 5) is 33.5. The van der Waals surface area contributed by atoms with Crippen molar-refractivity contribution in [2.24, 2.45) is 4.99 Å². The minimum atomic E-state index is -0.724. The van der Waals surface area contributed by atoms with Crippen LogP contribution in [0.4, 0.5) is 0 Å². The first-order valence-corrected chi connectivity index (χ1v) is 16.8. The summed E-state index contributed by atoms with van der Waals surface area (Å²) in [6.07, 6.45) is 1.84. The SMILES string of the molecule is CCOC(=O)C1=C(c2ccccc2)N=c2s/c(=C\c3ccccc3OCc3ccc(Br)cc3)c(=O)n2[C@@H]1c1ccc(C(C)C)cc1. The summed E-state index contributed by atoms with van der Waals surface area (Å²) in [6, 6.07) is 32.6. The largest absolute Gasteiger partial charge is 0.488 e. The number of para-hydroxylation sites is 1. The highest BCUT2D eigenvalue weighted by molar-refractivity contribution is 9.10. The molecular weight excluding hydrogens is 660 g/mol. The number of halogens is 1. The van der Waals surface area contributed by atoms with Gasteiger partial charge in [-0.15, -0.1) is 0 Å². The molecule has 0 saturated heterocycles. The fourth-order valence-electron chi connectivity index (χ4n) is 5.43. The first-order valence-electron chi connectivity index (χ1n) is 15.2. The number of ether oxygens (including phenoxy) is 2. The van der Waals surface area contributed by atoms with Crippen LogP contribution in [-0.4, -0.2) is 17.1 Å². The molecule has 0 bridgehead atoms. The van der Waals surface area contributed by atoms with Gasteiger partial charge >= 0.3 is 5.97 Å². The summed E-state index contributed by atoms with van der Waals surface area (Å²) in [5, 5.41) is 0. The topological polar surface area (TPSA) is 69.9 Å². The maximum Gasteiger partial charge on any atom is 0.338 e. The van der Waals surface area contributed by atoms with Crippen molar-refractivity contribution < 1.29 is 14.3 Å². The molecule has 0 fully saturated rings. The molecule has 0 spiro atoms. The molecule has 0 amide bonds. The van der Waals surface area contributed by atoms with Crippen molar-refractivity contribution in [3.63, 3.8) is 0 Å². The van der Waals surface area contributed by atoms with Crippen molar-refractivity contribution in [1.82, 2.24) is 4.57 Å². The molecular formula is C38H33BrN2O4S. The monoisotopic (exact) mass is 692 g/mol. The molecule has 1 atom stereocenters. The van der Waals surface area contributed by atoms with Gasteiger partial charge in [-0.25, -0.2) is 9.79 Å². The predicted octanol–water partition coefficient (Wildman–Crippen LogP) is 7.40. The van der Waals surface area contributed by atoms with E-state index >= 15 is 0 Å². The highest BCUT2D eigenvalue weighted by atomic mass is 79.9. The third-order valence-electron chi connectivity index (χ3n) is 7.81. The number of hydrogen-bond donors (Lipinski definition) is 0. The molecule has 0 aliphatic carbocycles. The average Bonchev–Trinajstić information content (AvgIpc) is 3.38. The van der Waals surface area contributed by atoms with E-state index < -0.39 is 12.0 Å². The van der Waals surface area contributed by atoms with Crippen molar-refractivity contribution in [3.8, 4) is 5.75 Å². The second kappa shape index (κ2) is 13.8. The molecule has 4 aromatic carbocycles. The Labute approximate surface area is 280 Å². The zero-order valence-electron chi connectivity index (χ0n) is 25.8. The molecule has 6 rings (SSSR count). The van der Waals surface area contributed by atoms with Gasteiger partial charge in [-0.05, 0) is 53.8 Å². The third-order valence-corrected chi connectivity index (χ3v) is 9.32. The predicted molar refractivity (Wildman–Crippen MR) is 187 cm³/mol. The summed E-state index contributed by atoms with van der Waals surface area (Å²) in [6.45, 7) is 6.63. The lowest BCUT2D eigenvalue weighted by molar-refractivity contribution is -0.138. The number of esters is 1. The fourth-order valence-corrected chi connectivity index (χ4v) is 6.69. The average molecular weight is 694 g/mol. The van der Waals surface area contributed by atoms with Gasteiger partial charge in [0, 0.05) is 15.6 Å². The Bertz CT molecular complexity index is 2080. The van der Waals surface area contributed by atoms with E-state index in [1.807, 2.05) is 97.1 Å². The number of hydrogen-bond acceptors (Lipinski definition) is 6. The number of aromatic nitrogens is 1. The lowest BCUT2D eigenvalue weighted by Gasteiger charge is -2.26. The van der Waals surface area contributed by atoms with Crippen LogP contribution in [0.2, 0.25) is 0 Å². The summed E-state index contributed by atoms with van der Waals surface area (Å²) in [7, 11) is 0. The first-order chi connectivity index (χ1) is 22.3. The molecule has 8 heteroatoms. The van der Waals surface area contributed by atoms with Crippen molar-refractivity contribution in [3.05, 3.63) is 161 Å². The van der Waals surface area contributed by atoms with Gasteiger partial charge < -0.3 is 9.47 Å². The second-order valence-electron chi connectivity index (χ2n) is 11.2. The summed E-state index contributed by atoms with van der Waals surface area (Å²) in [5.74, 6) is 0.500.